The Morgan fingerprint density at radius 2 is 2.12 bits per heavy atom. The van der Waals surface area contributed by atoms with E-state index < -0.39 is 0 Å². The van der Waals surface area contributed by atoms with Gasteiger partial charge in [0.15, 0.2) is 0 Å². The Morgan fingerprint density at radius 1 is 1.38 bits per heavy atom. The number of hydrogen-bond donors (Lipinski definition) is 1. The van der Waals surface area contributed by atoms with Crippen LogP contribution in [0.4, 0.5) is 0 Å². The van der Waals surface area contributed by atoms with Gasteiger partial charge in [0.2, 0.25) is 0 Å². The number of aromatic nitrogens is 1. The Kier molecular flexibility index (Phi) is 4.09. The molecule has 0 radical (unpaired) electrons. The fourth-order valence-corrected chi connectivity index (χ4v) is 2.26. The molecule has 1 N–H and O–H groups in total. The van der Waals surface area contributed by atoms with E-state index in [1.807, 2.05) is 11.7 Å². The molecular formula is C12H13BrN2S. The molecule has 0 amide bonds. The Bertz CT molecular complexity index is 425. The van der Waals surface area contributed by atoms with E-state index in [4.69, 9.17) is 0 Å². The van der Waals surface area contributed by atoms with E-state index in [0.29, 0.717) is 6.04 Å². The third kappa shape index (κ3) is 3.14. The molecule has 0 spiro atoms. The van der Waals surface area contributed by atoms with Crippen LogP contribution in [-0.4, -0.2) is 4.98 Å². The minimum absolute atomic E-state index is 0.357. The first-order valence-electron chi connectivity index (χ1n) is 5.12. The summed E-state index contributed by atoms with van der Waals surface area (Å²) in [5, 5.41) is 3.48. The number of nitrogens with zero attached hydrogens (tertiary/aromatic N) is 1. The molecule has 1 atom stereocenters. The van der Waals surface area contributed by atoms with Crippen LogP contribution in [0.3, 0.4) is 0 Å². The predicted molar refractivity (Wildman–Crippen MR) is 71.5 cm³/mol. The van der Waals surface area contributed by atoms with Crippen molar-refractivity contribution in [3.63, 3.8) is 0 Å². The van der Waals surface area contributed by atoms with Crippen molar-refractivity contribution < 1.29 is 0 Å². The molecular weight excluding hydrogens is 284 g/mol. The fraction of sp³-hybridized carbons (Fsp3) is 0.250. The van der Waals surface area contributed by atoms with Crippen molar-refractivity contribution >= 4 is 27.3 Å². The van der Waals surface area contributed by atoms with Gasteiger partial charge in [-0.2, -0.15) is 0 Å². The van der Waals surface area contributed by atoms with Crippen LogP contribution in [0.15, 0.2) is 40.4 Å². The maximum Gasteiger partial charge on any atom is 0.0794 e. The molecule has 0 aliphatic carbocycles. The SMILES string of the molecule is CC(NCc1cncs1)c1ccc(Br)cc1. The first-order valence-corrected chi connectivity index (χ1v) is 6.79. The zero-order valence-electron chi connectivity index (χ0n) is 8.98. The molecule has 16 heavy (non-hydrogen) atoms. The molecule has 1 aromatic heterocycles. The van der Waals surface area contributed by atoms with E-state index in [9.17, 15) is 0 Å². The Labute approximate surface area is 108 Å². The van der Waals surface area contributed by atoms with Crippen molar-refractivity contribution in [2.75, 3.05) is 0 Å². The van der Waals surface area contributed by atoms with Gasteiger partial charge in [-0.25, -0.2) is 0 Å². The predicted octanol–water partition coefficient (Wildman–Crippen LogP) is 3.76. The van der Waals surface area contributed by atoms with E-state index in [-0.39, 0.29) is 0 Å². The molecule has 2 aromatic rings. The number of rotatable bonds is 4. The Balaban J connectivity index is 1.93. The maximum atomic E-state index is 4.06. The van der Waals surface area contributed by atoms with Gasteiger partial charge in [0.05, 0.1) is 5.51 Å². The Morgan fingerprint density at radius 3 is 2.75 bits per heavy atom. The zero-order valence-corrected chi connectivity index (χ0v) is 11.4. The normalized spacial score (nSPS) is 12.6. The van der Waals surface area contributed by atoms with Crippen molar-refractivity contribution in [1.82, 2.24) is 10.3 Å². The first-order chi connectivity index (χ1) is 7.75. The number of benzene rings is 1. The molecule has 0 saturated heterocycles. The second kappa shape index (κ2) is 5.57. The van der Waals surface area contributed by atoms with E-state index in [1.165, 1.54) is 10.4 Å². The molecule has 0 saturated carbocycles. The second-order valence-corrected chi connectivity index (χ2v) is 5.51. The van der Waals surface area contributed by atoms with Crippen LogP contribution in [0.2, 0.25) is 0 Å². The standard InChI is InChI=1S/C12H13BrN2S/c1-9(10-2-4-11(13)5-3-10)15-7-12-6-14-8-16-12/h2-6,8-9,15H,7H2,1H3. The van der Waals surface area contributed by atoms with Gasteiger partial charge in [-0.3, -0.25) is 4.98 Å². The molecule has 2 rings (SSSR count). The lowest BCUT2D eigenvalue weighted by molar-refractivity contribution is 0.578. The average molecular weight is 297 g/mol. The highest BCUT2D eigenvalue weighted by atomic mass is 79.9. The van der Waals surface area contributed by atoms with Crippen LogP contribution in [0.1, 0.15) is 23.4 Å². The summed E-state index contributed by atoms with van der Waals surface area (Å²) in [5.74, 6) is 0. The molecule has 0 aliphatic rings. The van der Waals surface area contributed by atoms with Crippen molar-refractivity contribution in [1.29, 1.82) is 0 Å². The smallest absolute Gasteiger partial charge is 0.0794 e. The molecule has 4 heteroatoms. The van der Waals surface area contributed by atoms with Gasteiger partial charge in [-0.05, 0) is 24.6 Å². The highest BCUT2D eigenvalue weighted by Gasteiger charge is 2.04. The second-order valence-electron chi connectivity index (χ2n) is 3.62. The number of thiazole rings is 1. The average Bonchev–Trinajstić information content (AvgIpc) is 2.80. The van der Waals surface area contributed by atoms with Crippen molar-refractivity contribution in [2.45, 2.75) is 19.5 Å². The summed E-state index contributed by atoms with van der Waals surface area (Å²) in [4.78, 5) is 5.32. The monoisotopic (exact) mass is 296 g/mol. The van der Waals surface area contributed by atoms with Gasteiger partial charge in [0.25, 0.3) is 0 Å². The summed E-state index contributed by atoms with van der Waals surface area (Å²) in [6.45, 7) is 3.05. The van der Waals surface area contributed by atoms with Crippen LogP contribution in [0, 0.1) is 0 Å². The first kappa shape index (κ1) is 11.8. The van der Waals surface area contributed by atoms with Gasteiger partial charge in [0, 0.05) is 28.1 Å². The molecule has 84 valence electrons. The van der Waals surface area contributed by atoms with Gasteiger partial charge < -0.3 is 5.32 Å². The minimum atomic E-state index is 0.357. The van der Waals surface area contributed by atoms with Gasteiger partial charge in [-0.15, -0.1) is 11.3 Å². The third-order valence-corrected chi connectivity index (χ3v) is 3.74. The number of hydrogen-bond acceptors (Lipinski definition) is 3. The summed E-state index contributed by atoms with van der Waals surface area (Å²) < 4.78 is 1.12. The van der Waals surface area contributed by atoms with Crippen molar-refractivity contribution in [2.24, 2.45) is 0 Å². The molecule has 2 nitrogen and oxygen atoms in total. The fourth-order valence-electron chi connectivity index (χ4n) is 1.45. The van der Waals surface area contributed by atoms with Crippen LogP contribution in [-0.2, 0) is 6.54 Å². The zero-order chi connectivity index (χ0) is 11.4. The highest BCUT2D eigenvalue weighted by molar-refractivity contribution is 9.10. The number of halogens is 1. The lowest BCUT2D eigenvalue weighted by atomic mass is 10.1. The lowest BCUT2D eigenvalue weighted by Gasteiger charge is -2.13. The molecule has 0 aliphatic heterocycles. The van der Waals surface area contributed by atoms with Crippen LogP contribution < -0.4 is 5.32 Å². The molecule has 0 bridgehead atoms. The van der Waals surface area contributed by atoms with Gasteiger partial charge in [0.1, 0.15) is 0 Å². The topological polar surface area (TPSA) is 24.9 Å². The van der Waals surface area contributed by atoms with Crippen LogP contribution in [0.5, 0.6) is 0 Å². The summed E-state index contributed by atoms with van der Waals surface area (Å²) in [6, 6.07) is 8.76. The van der Waals surface area contributed by atoms with Crippen molar-refractivity contribution in [3.8, 4) is 0 Å². The molecule has 1 aromatic carbocycles. The summed E-state index contributed by atoms with van der Waals surface area (Å²) >= 11 is 5.12. The molecule has 0 fully saturated rings. The maximum absolute atomic E-state index is 4.06. The largest absolute Gasteiger partial charge is 0.305 e. The Hall–Kier alpha value is -0.710. The van der Waals surface area contributed by atoms with E-state index in [1.54, 1.807) is 11.3 Å². The summed E-state index contributed by atoms with van der Waals surface area (Å²) in [5.41, 5.74) is 3.16. The molecule has 1 unspecified atom stereocenters. The van der Waals surface area contributed by atoms with E-state index in [2.05, 4.69) is 57.4 Å². The highest BCUT2D eigenvalue weighted by Crippen LogP contribution is 2.17. The van der Waals surface area contributed by atoms with E-state index in [0.717, 1.165) is 11.0 Å². The van der Waals surface area contributed by atoms with Gasteiger partial charge >= 0.3 is 0 Å². The third-order valence-electron chi connectivity index (χ3n) is 2.44. The minimum Gasteiger partial charge on any atom is -0.305 e. The number of nitrogens with one attached hydrogen (secondary N) is 1. The van der Waals surface area contributed by atoms with E-state index >= 15 is 0 Å². The summed E-state index contributed by atoms with van der Waals surface area (Å²) in [6.07, 6.45) is 1.91. The lowest BCUT2D eigenvalue weighted by Crippen LogP contribution is -2.17. The molecule has 1 heterocycles. The van der Waals surface area contributed by atoms with Crippen LogP contribution in [0.25, 0.3) is 0 Å². The van der Waals surface area contributed by atoms with Gasteiger partial charge in [-0.1, -0.05) is 28.1 Å². The van der Waals surface area contributed by atoms with Crippen LogP contribution >= 0.6 is 27.3 Å². The summed E-state index contributed by atoms with van der Waals surface area (Å²) in [7, 11) is 0. The van der Waals surface area contributed by atoms with Crippen molar-refractivity contribution in [3.05, 3.63) is 50.9 Å². The quantitative estimate of drug-likeness (QED) is 0.929.